The third-order valence-electron chi connectivity index (χ3n) is 7.56. The zero-order valence-corrected chi connectivity index (χ0v) is 31.0. The van der Waals surface area contributed by atoms with Gasteiger partial charge in [0.1, 0.15) is 36.3 Å². The molecular formula is C38H54N6O8. The van der Waals surface area contributed by atoms with Gasteiger partial charge in [-0.05, 0) is 46.5 Å². The smallest absolute Gasteiger partial charge is 0.329 e. The number of cyclic esters (lactones) is 1. The van der Waals surface area contributed by atoms with Gasteiger partial charge in [-0.3, -0.25) is 28.8 Å². The first-order valence-corrected chi connectivity index (χ1v) is 17.2. The second-order valence-corrected chi connectivity index (χ2v) is 12.6. The molecule has 0 radical (unpaired) electrons. The largest absolute Gasteiger partial charge is 0.458 e. The zero-order valence-electron chi connectivity index (χ0n) is 31.0. The lowest BCUT2D eigenvalue weighted by Gasteiger charge is -2.33. The number of allylic oxidation sites excluding steroid dienone is 13. The molecule has 14 nitrogen and oxygen atoms in total. The van der Waals surface area contributed by atoms with Gasteiger partial charge in [0.2, 0.25) is 35.4 Å². The number of amides is 6. The number of hydrogen-bond acceptors (Lipinski definition) is 8. The lowest BCUT2D eigenvalue weighted by molar-refractivity contribution is -0.160. The van der Waals surface area contributed by atoms with Crippen LogP contribution in [0.25, 0.3) is 0 Å². The predicted molar refractivity (Wildman–Crippen MR) is 199 cm³/mol. The summed E-state index contributed by atoms with van der Waals surface area (Å²) in [6.45, 7) is 9.79. The lowest BCUT2D eigenvalue weighted by Crippen LogP contribution is -2.61. The van der Waals surface area contributed by atoms with Crippen molar-refractivity contribution in [1.82, 2.24) is 26.2 Å². The molecule has 0 aromatic rings. The van der Waals surface area contributed by atoms with Gasteiger partial charge in [-0.15, -0.1) is 0 Å². The number of hydrogen-bond donors (Lipinski definition) is 5. The van der Waals surface area contributed by atoms with Crippen molar-refractivity contribution in [1.29, 1.82) is 0 Å². The van der Waals surface area contributed by atoms with Crippen LogP contribution >= 0.6 is 0 Å². The summed E-state index contributed by atoms with van der Waals surface area (Å²) in [5.41, 5.74) is 5.28. The van der Waals surface area contributed by atoms with E-state index >= 15 is 0 Å². The Morgan fingerprint density at radius 3 is 1.67 bits per heavy atom. The van der Waals surface area contributed by atoms with E-state index in [0.29, 0.717) is 0 Å². The Balaban J connectivity index is 3.39. The van der Waals surface area contributed by atoms with Gasteiger partial charge in [0, 0.05) is 19.5 Å². The second-order valence-electron chi connectivity index (χ2n) is 12.6. The van der Waals surface area contributed by atoms with Crippen molar-refractivity contribution in [3.05, 3.63) is 85.1 Å². The van der Waals surface area contributed by atoms with Gasteiger partial charge < -0.3 is 36.6 Å². The van der Waals surface area contributed by atoms with Crippen LogP contribution in [-0.2, 0) is 38.3 Å². The van der Waals surface area contributed by atoms with E-state index in [0.717, 1.165) is 4.90 Å². The van der Waals surface area contributed by atoms with Crippen LogP contribution in [0.1, 0.15) is 60.8 Å². The fraction of sp³-hybridized carbons (Fsp3) is 0.447. The molecule has 1 aliphatic rings. The molecule has 284 valence electrons. The first kappa shape index (κ1) is 44.5. The van der Waals surface area contributed by atoms with E-state index in [4.69, 9.17) is 10.5 Å². The second kappa shape index (κ2) is 23.8. The number of carbonyl (C=O) groups excluding carboxylic acids is 7. The van der Waals surface area contributed by atoms with E-state index in [1.807, 2.05) is 69.4 Å². The summed E-state index contributed by atoms with van der Waals surface area (Å²) in [6.07, 6.45) is 23.0. The standard InChI is InChI=1S/C38H54N6O8/c1-8-9-10-11-12-13-14-15-16-17-18-19-20-21-32(46)44(7)33-28(6)52-38(51)29(22-23-31(39)45)42-35(48)27(5)40-34(47)26(4)41-36(49)30(24-25(2)3)43-37(33)50/h8-21,25-30,33H,22-24H2,1-7H3,(H2,39,45)(H,40,47)(H,41,49)(H,42,48)(H,43,50)/b9-8+,11-10+,13-12+,15-14+,17-16?,19-18?,21-20+/t26-,27-,28+,29-,30-,33-/m0/s1. The molecule has 1 fully saturated rings. The molecule has 6 amide bonds. The minimum Gasteiger partial charge on any atom is -0.458 e. The Bertz CT molecular complexity index is 1470. The molecule has 0 saturated carbocycles. The SMILES string of the molecule is C/C=C/C=C/C=C/C=C/C=CC=C/C=C/C(=O)N(C)[C@@H]1C(=O)N[C@@H](CC(C)C)C(=O)N[C@@H](C)C(=O)N[C@@H](C)C(=O)N[C@@H](CCC(N)=O)C(=O)O[C@@H]1C. The van der Waals surface area contributed by atoms with E-state index in [1.54, 1.807) is 24.3 Å². The van der Waals surface area contributed by atoms with Crippen LogP contribution in [0, 0.1) is 5.92 Å². The van der Waals surface area contributed by atoms with E-state index < -0.39 is 77.7 Å². The molecule has 0 aromatic heterocycles. The third kappa shape index (κ3) is 16.9. The molecule has 0 spiro atoms. The van der Waals surface area contributed by atoms with Crippen LogP contribution in [0.2, 0.25) is 0 Å². The first-order valence-electron chi connectivity index (χ1n) is 17.2. The van der Waals surface area contributed by atoms with Gasteiger partial charge in [0.05, 0.1) is 0 Å². The van der Waals surface area contributed by atoms with Gasteiger partial charge in [0.25, 0.3) is 0 Å². The summed E-state index contributed by atoms with van der Waals surface area (Å²) in [5.74, 6) is -5.37. The number of primary amides is 1. The van der Waals surface area contributed by atoms with Crippen LogP contribution < -0.4 is 27.0 Å². The number of rotatable bonds is 13. The quantitative estimate of drug-likeness (QED) is 0.108. The topological polar surface area (TPSA) is 206 Å². The predicted octanol–water partition coefficient (Wildman–Crippen LogP) is 1.96. The van der Waals surface area contributed by atoms with E-state index in [-0.39, 0.29) is 25.2 Å². The summed E-state index contributed by atoms with van der Waals surface area (Å²) in [6, 6.07) is -6.20. The number of ether oxygens (including phenoxy) is 1. The van der Waals surface area contributed by atoms with Crippen molar-refractivity contribution in [2.75, 3.05) is 7.05 Å². The third-order valence-corrected chi connectivity index (χ3v) is 7.56. The lowest BCUT2D eigenvalue weighted by atomic mass is 10.0. The summed E-state index contributed by atoms with van der Waals surface area (Å²) < 4.78 is 5.62. The van der Waals surface area contributed by atoms with Gasteiger partial charge in [-0.25, -0.2) is 4.79 Å². The molecular weight excluding hydrogens is 668 g/mol. The van der Waals surface area contributed by atoms with Crippen LogP contribution in [0.15, 0.2) is 85.1 Å². The molecule has 1 aliphatic heterocycles. The molecule has 0 bridgehead atoms. The van der Waals surface area contributed by atoms with Crippen molar-refractivity contribution in [3.8, 4) is 0 Å². The Labute approximate surface area is 306 Å². The van der Waals surface area contributed by atoms with Crippen molar-refractivity contribution >= 4 is 41.4 Å². The molecule has 0 aliphatic carbocycles. The highest BCUT2D eigenvalue weighted by molar-refractivity contribution is 5.97. The molecule has 6 atom stereocenters. The summed E-state index contributed by atoms with van der Waals surface area (Å²) >= 11 is 0. The van der Waals surface area contributed by atoms with Crippen molar-refractivity contribution in [2.45, 2.75) is 97.1 Å². The summed E-state index contributed by atoms with van der Waals surface area (Å²) in [7, 11) is 1.34. The summed E-state index contributed by atoms with van der Waals surface area (Å²) in [4.78, 5) is 92.3. The van der Waals surface area contributed by atoms with Gasteiger partial charge in [-0.1, -0.05) is 92.8 Å². The molecule has 1 rings (SSSR count). The molecule has 52 heavy (non-hydrogen) atoms. The number of nitrogens with one attached hydrogen (secondary N) is 4. The van der Waals surface area contributed by atoms with Gasteiger partial charge >= 0.3 is 5.97 Å². The molecule has 0 unspecified atom stereocenters. The number of nitrogens with zero attached hydrogens (tertiary/aromatic N) is 1. The van der Waals surface area contributed by atoms with E-state index in [9.17, 15) is 33.6 Å². The average Bonchev–Trinajstić information content (AvgIpc) is 3.07. The Morgan fingerprint density at radius 2 is 1.17 bits per heavy atom. The maximum atomic E-state index is 13.9. The van der Waals surface area contributed by atoms with Gasteiger partial charge in [-0.2, -0.15) is 0 Å². The van der Waals surface area contributed by atoms with Gasteiger partial charge in [0.15, 0.2) is 0 Å². The Kier molecular flexibility index (Phi) is 20.4. The molecule has 1 saturated heterocycles. The minimum absolute atomic E-state index is 0.0744. The molecule has 1 heterocycles. The number of carbonyl (C=O) groups is 7. The normalized spacial score (nSPS) is 24.7. The highest BCUT2D eigenvalue weighted by Gasteiger charge is 2.38. The highest BCUT2D eigenvalue weighted by atomic mass is 16.5. The van der Waals surface area contributed by atoms with Crippen LogP contribution in [0.4, 0.5) is 0 Å². The number of esters is 1. The maximum absolute atomic E-state index is 13.9. The van der Waals surface area contributed by atoms with Crippen molar-refractivity contribution in [2.24, 2.45) is 11.7 Å². The zero-order chi connectivity index (χ0) is 39.2. The van der Waals surface area contributed by atoms with E-state index in [2.05, 4.69) is 21.3 Å². The average molecular weight is 723 g/mol. The number of nitrogens with two attached hydrogens (primary N) is 1. The monoisotopic (exact) mass is 722 g/mol. The minimum atomic E-state index is -1.45. The fourth-order valence-electron chi connectivity index (χ4n) is 4.75. The van der Waals surface area contributed by atoms with E-state index in [1.165, 1.54) is 40.0 Å². The molecule has 0 aromatic carbocycles. The van der Waals surface area contributed by atoms with Crippen molar-refractivity contribution < 1.29 is 38.3 Å². The summed E-state index contributed by atoms with van der Waals surface area (Å²) in [5, 5.41) is 10.2. The Morgan fingerprint density at radius 1 is 0.712 bits per heavy atom. The fourth-order valence-corrected chi connectivity index (χ4v) is 4.75. The molecule has 14 heteroatoms. The van der Waals surface area contributed by atoms with Crippen LogP contribution in [0.5, 0.6) is 0 Å². The van der Waals surface area contributed by atoms with Crippen LogP contribution in [0.3, 0.4) is 0 Å². The van der Waals surface area contributed by atoms with Crippen LogP contribution in [-0.4, -0.2) is 89.7 Å². The maximum Gasteiger partial charge on any atom is 0.329 e. The highest BCUT2D eigenvalue weighted by Crippen LogP contribution is 2.14. The Hall–Kier alpha value is -5.53. The molecule has 6 N–H and O–H groups in total. The first-order chi connectivity index (χ1) is 24.6. The number of likely N-dealkylation sites (N-methyl/N-ethyl adjacent to an activating group) is 1. The van der Waals surface area contributed by atoms with Crippen molar-refractivity contribution in [3.63, 3.8) is 0 Å².